The number of hydrogen-bond acceptors (Lipinski definition) is 0. The zero-order valence-corrected chi connectivity index (χ0v) is 26.5. The van der Waals surface area contributed by atoms with Crippen molar-refractivity contribution in [2.75, 3.05) is 0 Å². The molecule has 2 aromatic rings. The van der Waals surface area contributed by atoms with Gasteiger partial charge in [0.05, 0.1) is 6.08 Å². The molecule has 0 bridgehead atoms. The normalized spacial score (nSPS) is 10.6. The fourth-order valence-corrected chi connectivity index (χ4v) is 4.82. The summed E-state index contributed by atoms with van der Waals surface area (Å²) in [6, 6.07) is 18.2. The first-order chi connectivity index (χ1) is 17.7. The molecule has 2 aromatic carbocycles. The molecule has 0 N–H and O–H groups in total. The van der Waals surface area contributed by atoms with Gasteiger partial charge in [0.25, 0.3) is 5.87 Å². The molecule has 0 heterocycles. The largest absolute Gasteiger partial charge is 2.00 e. The summed E-state index contributed by atoms with van der Waals surface area (Å²) in [6.07, 6.45) is 20.3. The van der Waals surface area contributed by atoms with E-state index < -0.39 is 0 Å². The van der Waals surface area contributed by atoms with E-state index in [9.17, 15) is 0 Å². The molecule has 3 heteroatoms. The molecule has 0 saturated heterocycles. The minimum absolute atomic E-state index is 0. The zero-order valence-electron chi connectivity index (χ0n) is 25.5. The van der Waals surface area contributed by atoms with Crippen molar-refractivity contribution in [3.05, 3.63) is 103 Å². The second kappa shape index (κ2) is 24.8. The van der Waals surface area contributed by atoms with Gasteiger partial charge in [-0.05, 0) is 71.9 Å². The van der Waals surface area contributed by atoms with Crippen LogP contribution in [0.4, 0.5) is 0 Å². The first kappa shape index (κ1) is 39.0. The van der Waals surface area contributed by atoms with Gasteiger partial charge in [0.1, 0.15) is 0 Å². The molecule has 0 radical (unpaired) electrons. The minimum Gasteiger partial charge on any atom is -0.358 e. The predicted octanol–water partition coefficient (Wildman–Crippen LogP) is 11.1. The van der Waals surface area contributed by atoms with Gasteiger partial charge in [-0.25, -0.2) is 0 Å². The van der Waals surface area contributed by atoms with E-state index in [1.165, 1.54) is 104 Å². The van der Waals surface area contributed by atoms with E-state index >= 15 is 0 Å². The monoisotopic (exact) mass is 572 g/mol. The van der Waals surface area contributed by atoms with Crippen molar-refractivity contribution in [3.63, 3.8) is 0 Å². The van der Waals surface area contributed by atoms with Crippen LogP contribution in [0.1, 0.15) is 126 Å². The van der Waals surface area contributed by atoms with Gasteiger partial charge in [-0.2, -0.15) is 0 Å². The van der Waals surface area contributed by atoms with E-state index in [0.717, 1.165) is 25.7 Å². The number of aryl methyl sites for hydroxylation is 2. The van der Waals surface area contributed by atoms with Gasteiger partial charge >= 0.3 is 16.5 Å². The molecule has 218 valence electrons. The summed E-state index contributed by atoms with van der Waals surface area (Å²) in [5.74, 6) is 2.72. The van der Waals surface area contributed by atoms with Gasteiger partial charge in [0, 0.05) is 0 Å². The third kappa shape index (κ3) is 15.3. The first-order valence-electron chi connectivity index (χ1n) is 14.6. The van der Waals surface area contributed by atoms with E-state index in [4.69, 9.17) is 5.53 Å². The molecule has 39 heavy (non-hydrogen) atoms. The average molecular weight is 574 g/mol. The molecule has 0 spiro atoms. The molecule has 0 amide bonds. The van der Waals surface area contributed by atoms with Crippen LogP contribution in [0.15, 0.2) is 60.2 Å². The van der Waals surface area contributed by atoms with Crippen molar-refractivity contribution in [2.24, 2.45) is 0 Å². The van der Waals surface area contributed by atoms with Crippen LogP contribution in [0.5, 0.6) is 0 Å². The number of hydrogen-bond donors (Lipinski definition) is 0. The van der Waals surface area contributed by atoms with Crippen LogP contribution >= 0.6 is 0 Å². The summed E-state index contributed by atoms with van der Waals surface area (Å²) >= 11 is 0. The summed E-state index contributed by atoms with van der Waals surface area (Å²) in [5, 5.41) is 0. The third-order valence-electron chi connectivity index (χ3n) is 7.04. The van der Waals surface area contributed by atoms with Crippen molar-refractivity contribution >= 4 is 11.4 Å². The maximum Gasteiger partial charge on any atom is 2.00 e. The summed E-state index contributed by atoms with van der Waals surface area (Å²) < 4.78 is 0. The molecule has 0 saturated carbocycles. The molecular formula is C36H54N2Ni. The van der Waals surface area contributed by atoms with Crippen molar-refractivity contribution in [2.45, 2.75) is 117 Å². The summed E-state index contributed by atoms with van der Waals surface area (Å²) in [4.78, 5) is 3.18. The number of unbranched alkanes of at least 4 members (excludes halogenated alkanes) is 9. The number of rotatable bonds is 18. The van der Waals surface area contributed by atoms with Gasteiger partial charge in [-0.1, -0.05) is 127 Å². The van der Waals surface area contributed by atoms with E-state index in [2.05, 4.69) is 80.0 Å². The van der Waals surface area contributed by atoms with Crippen LogP contribution in [-0.4, -0.2) is 10.7 Å². The third-order valence-corrected chi connectivity index (χ3v) is 7.04. The van der Waals surface area contributed by atoms with E-state index in [-0.39, 0.29) is 31.3 Å². The van der Waals surface area contributed by atoms with Crippen LogP contribution in [0.25, 0.3) is 11.1 Å². The van der Waals surface area contributed by atoms with E-state index in [1.54, 1.807) is 0 Å². The van der Waals surface area contributed by atoms with Crippen LogP contribution in [0.3, 0.4) is 0 Å². The molecule has 2 rings (SSSR count). The average Bonchev–Trinajstić information content (AvgIpc) is 2.91. The second-order valence-electron chi connectivity index (χ2n) is 10.1. The maximum absolute atomic E-state index is 9.14. The SMILES string of the molecule is CCCCCCCCC(C=C=[N+]=[N-])=C(c1ccc(CCCC)cc1)c1ccc(CCCCCC)cc1.[CH3-].[CH3-].[Ni+2]. The van der Waals surface area contributed by atoms with Gasteiger partial charge in [0.15, 0.2) is 0 Å². The molecule has 0 aromatic heterocycles. The second-order valence-corrected chi connectivity index (χ2v) is 10.1. The minimum atomic E-state index is 0. The molecular weight excluding hydrogens is 519 g/mol. The van der Waals surface area contributed by atoms with Gasteiger partial charge in [-0.15, -0.1) is 4.79 Å². The van der Waals surface area contributed by atoms with Crippen LogP contribution < -0.4 is 0 Å². The summed E-state index contributed by atoms with van der Waals surface area (Å²) in [6.45, 7) is 6.76. The number of allylic oxidation sites excluding steroid dienone is 2. The fraction of sp³-hybridized carbons (Fsp3) is 0.500. The molecule has 2 nitrogen and oxygen atoms in total. The van der Waals surface area contributed by atoms with Gasteiger partial charge in [0.2, 0.25) is 0 Å². The van der Waals surface area contributed by atoms with Crippen molar-refractivity contribution in [3.8, 4) is 0 Å². The maximum atomic E-state index is 9.14. The Bertz CT molecular complexity index is 976. The van der Waals surface area contributed by atoms with Crippen LogP contribution in [0.2, 0.25) is 0 Å². The zero-order chi connectivity index (χ0) is 25.8. The topological polar surface area (TPSA) is 36.4 Å². The molecule has 0 fully saturated rings. The van der Waals surface area contributed by atoms with Gasteiger partial charge in [-0.3, -0.25) is 0 Å². The molecule has 0 aliphatic carbocycles. The Kier molecular flexibility index (Phi) is 24.8. The van der Waals surface area contributed by atoms with E-state index in [1.807, 2.05) is 6.08 Å². The predicted molar refractivity (Wildman–Crippen MR) is 169 cm³/mol. The Morgan fingerprint density at radius 2 is 1.08 bits per heavy atom. The van der Waals surface area contributed by atoms with Gasteiger partial charge < -0.3 is 20.4 Å². The summed E-state index contributed by atoms with van der Waals surface area (Å²) in [7, 11) is 0. The van der Waals surface area contributed by atoms with E-state index in [0.29, 0.717) is 0 Å². The van der Waals surface area contributed by atoms with Crippen LogP contribution in [-0.2, 0) is 29.3 Å². The molecule has 0 aliphatic rings. The quantitative estimate of drug-likeness (QED) is 0.0324. The molecule has 0 atom stereocenters. The Labute approximate surface area is 252 Å². The molecule has 0 aliphatic heterocycles. The Balaban J connectivity index is 0. The van der Waals surface area contributed by atoms with Crippen molar-refractivity contribution in [1.29, 1.82) is 0 Å². The number of benzene rings is 2. The van der Waals surface area contributed by atoms with Crippen molar-refractivity contribution < 1.29 is 21.3 Å². The van der Waals surface area contributed by atoms with Crippen molar-refractivity contribution in [1.82, 2.24) is 0 Å². The van der Waals surface area contributed by atoms with Crippen LogP contribution in [0, 0.1) is 14.9 Å². The molecule has 0 unspecified atom stereocenters. The Morgan fingerprint density at radius 3 is 1.56 bits per heavy atom. The Morgan fingerprint density at radius 1 is 0.641 bits per heavy atom. The number of nitrogens with zero attached hydrogens (tertiary/aromatic N) is 2. The fourth-order valence-electron chi connectivity index (χ4n) is 4.82. The standard InChI is InChI=1S/C34H48N2.2CH3.Ni/c1-4-7-10-12-13-15-18-31(27-28-36-35)34(32-23-19-29(20-24-32)16-9-6-3)33-25-21-30(22-26-33)17-14-11-8-5-2;;;/h19-27H,4-18H2,1-3H3;2*1H3;/q;2*-1;+2. The smallest absolute Gasteiger partial charge is 0.358 e. The first-order valence-corrected chi connectivity index (χ1v) is 14.6. The Hall–Kier alpha value is -2.17. The summed E-state index contributed by atoms with van der Waals surface area (Å²) in [5.41, 5.74) is 16.8.